The molecule has 1 fully saturated rings. The number of benzene rings is 2. The van der Waals surface area contributed by atoms with Gasteiger partial charge in [-0.2, -0.15) is 0 Å². The average molecular weight is 547 g/mol. The smallest absolute Gasteiger partial charge is 0.119 e. The lowest BCUT2D eigenvalue weighted by Crippen LogP contribution is -2.32. The molecule has 0 bridgehead atoms. The van der Waals surface area contributed by atoms with Crippen LogP contribution in [0.15, 0.2) is 88.9 Å². The molecule has 0 aromatic heterocycles. The third kappa shape index (κ3) is 7.67. The predicted octanol–water partition coefficient (Wildman–Crippen LogP) is 8.65. The molecule has 1 saturated carbocycles. The number of rotatable bonds is 12. The maximum absolute atomic E-state index is 13.9. The van der Waals surface area contributed by atoms with Gasteiger partial charge in [0, 0.05) is 48.6 Å². The molecule has 0 saturated heterocycles. The van der Waals surface area contributed by atoms with Crippen LogP contribution >= 0.6 is 11.8 Å². The van der Waals surface area contributed by atoms with Crippen molar-refractivity contribution in [3.8, 4) is 5.75 Å². The molecule has 2 aliphatic rings. The molecule has 0 spiro atoms. The number of alkyl halides is 1. The number of thioether (sulfide) groups is 1. The van der Waals surface area contributed by atoms with E-state index in [9.17, 15) is 4.39 Å². The minimum atomic E-state index is -1.05. The maximum atomic E-state index is 13.9. The molecule has 1 aliphatic heterocycles. The Kier molecular flexibility index (Phi) is 9.45. The van der Waals surface area contributed by atoms with Crippen molar-refractivity contribution in [3.05, 3.63) is 111 Å². The molecular formula is C34H43FN2OS. The number of nitrogens with zero attached hydrogens (tertiary/aromatic N) is 1. The second-order valence-corrected chi connectivity index (χ2v) is 12.7. The van der Waals surface area contributed by atoms with E-state index in [1.807, 2.05) is 19.1 Å². The predicted molar refractivity (Wildman–Crippen MR) is 164 cm³/mol. The van der Waals surface area contributed by atoms with Crippen molar-refractivity contribution in [1.29, 1.82) is 0 Å². The molecule has 0 amide bonds. The highest BCUT2D eigenvalue weighted by atomic mass is 32.2. The minimum Gasteiger partial charge on any atom is -0.493 e. The van der Waals surface area contributed by atoms with E-state index in [-0.39, 0.29) is 11.8 Å². The third-order valence-corrected chi connectivity index (χ3v) is 8.79. The minimum absolute atomic E-state index is 0.0157. The summed E-state index contributed by atoms with van der Waals surface area (Å²) < 4.78 is 19.8. The Balaban J connectivity index is 1.34. The SMILES string of the molecule is C=CC1CN(Cc2ccc(CNC(=CC)C(SC(=C)C)=C(C)C)cc2)Cc2ccc(OCC3CC3(C)F)cc21. The van der Waals surface area contributed by atoms with Gasteiger partial charge in [-0.05, 0) is 80.3 Å². The lowest BCUT2D eigenvalue weighted by atomic mass is 9.89. The zero-order valence-corrected chi connectivity index (χ0v) is 25.0. The Morgan fingerprint density at radius 3 is 2.46 bits per heavy atom. The van der Waals surface area contributed by atoms with Crippen LogP contribution in [-0.4, -0.2) is 23.7 Å². The number of ether oxygens (including phenoxy) is 1. The Hall–Kier alpha value is -2.76. The summed E-state index contributed by atoms with van der Waals surface area (Å²) in [4.78, 5) is 4.81. The van der Waals surface area contributed by atoms with Gasteiger partial charge in [0.1, 0.15) is 11.4 Å². The average Bonchev–Trinajstić information content (AvgIpc) is 3.53. The summed E-state index contributed by atoms with van der Waals surface area (Å²) in [7, 11) is 0. The first-order valence-corrected chi connectivity index (χ1v) is 14.7. The van der Waals surface area contributed by atoms with Crippen LogP contribution in [0.25, 0.3) is 0 Å². The van der Waals surface area contributed by atoms with Crippen molar-refractivity contribution in [2.45, 2.75) is 72.3 Å². The van der Waals surface area contributed by atoms with Gasteiger partial charge in [0.05, 0.1) is 6.61 Å². The summed E-state index contributed by atoms with van der Waals surface area (Å²) in [5, 5.41) is 3.62. The van der Waals surface area contributed by atoms with Crippen LogP contribution in [0.2, 0.25) is 0 Å². The van der Waals surface area contributed by atoms with E-state index >= 15 is 0 Å². The molecule has 5 heteroatoms. The molecule has 0 radical (unpaired) electrons. The Morgan fingerprint density at radius 1 is 1.18 bits per heavy atom. The number of halogens is 1. The van der Waals surface area contributed by atoms with E-state index in [2.05, 4.69) is 86.6 Å². The summed E-state index contributed by atoms with van der Waals surface area (Å²) in [6, 6.07) is 15.2. The number of fused-ring (bicyclic) bond motifs is 1. The molecule has 1 aliphatic carbocycles. The van der Waals surface area contributed by atoms with Crippen LogP contribution in [0.1, 0.15) is 69.2 Å². The second-order valence-electron chi connectivity index (χ2n) is 11.4. The van der Waals surface area contributed by atoms with E-state index in [4.69, 9.17) is 4.74 Å². The molecule has 4 rings (SSSR count). The van der Waals surface area contributed by atoms with Gasteiger partial charge in [0.2, 0.25) is 0 Å². The van der Waals surface area contributed by atoms with Crippen molar-refractivity contribution in [1.82, 2.24) is 10.2 Å². The number of nitrogens with one attached hydrogen (secondary N) is 1. The largest absolute Gasteiger partial charge is 0.493 e. The van der Waals surface area contributed by atoms with E-state index in [1.165, 1.54) is 32.7 Å². The number of hydrogen-bond acceptors (Lipinski definition) is 4. The van der Waals surface area contributed by atoms with Crippen molar-refractivity contribution in [3.63, 3.8) is 0 Å². The molecule has 2 aromatic carbocycles. The van der Waals surface area contributed by atoms with Crippen molar-refractivity contribution in [2.24, 2.45) is 5.92 Å². The molecule has 39 heavy (non-hydrogen) atoms. The van der Waals surface area contributed by atoms with Gasteiger partial charge in [-0.1, -0.05) is 66.4 Å². The number of allylic oxidation sites excluding steroid dienone is 3. The van der Waals surface area contributed by atoms with Gasteiger partial charge in [0.25, 0.3) is 0 Å². The van der Waals surface area contributed by atoms with Crippen LogP contribution in [0.3, 0.4) is 0 Å². The van der Waals surface area contributed by atoms with E-state index < -0.39 is 5.67 Å². The van der Waals surface area contributed by atoms with Gasteiger partial charge < -0.3 is 10.1 Å². The van der Waals surface area contributed by atoms with Crippen LogP contribution in [0, 0.1) is 5.92 Å². The summed E-state index contributed by atoms with van der Waals surface area (Å²) in [5.74, 6) is 1.09. The summed E-state index contributed by atoms with van der Waals surface area (Å²) in [6.45, 7) is 22.2. The number of hydrogen-bond donors (Lipinski definition) is 1. The molecule has 1 N–H and O–H groups in total. The molecule has 3 atom stereocenters. The van der Waals surface area contributed by atoms with E-state index in [0.717, 1.165) is 42.5 Å². The highest BCUT2D eigenvalue weighted by Gasteiger charge is 2.51. The van der Waals surface area contributed by atoms with Gasteiger partial charge in [-0.25, -0.2) is 4.39 Å². The fourth-order valence-electron chi connectivity index (χ4n) is 5.14. The standard InChI is InChI=1S/C34H43FN2OS/c1-8-27-20-37(21-28-14-15-30(16-31(27)28)38-22-29-17-34(29,7)35)19-26-12-10-25(11-13-26)18-36-32(9-2)33(23(3)4)39-24(5)6/h8-16,27,29,36H,1,5,17-22H2,2-4,6-7H3. The van der Waals surface area contributed by atoms with E-state index in [0.29, 0.717) is 13.0 Å². The van der Waals surface area contributed by atoms with Crippen LogP contribution in [0.5, 0.6) is 5.75 Å². The van der Waals surface area contributed by atoms with Crippen LogP contribution in [-0.2, 0) is 19.6 Å². The lowest BCUT2D eigenvalue weighted by molar-refractivity contribution is 0.229. The first-order valence-electron chi connectivity index (χ1n) is 13.9. The zero-order chi connectivity index (χ0) is 28.2. The monoisotopic (exact) mass is 546 g/mol. The summed E-state index contributed by atoms with van der Waals surface area (Å²) in [6.07, 6.45) is 4.77. The fraction of sp³-hybridized carbons (Fsp3) is 0.412. The fourth-order valence-corrected chi connectivity index (χ4v) is 5.99. The quantitative estimate of drug-likeness (QED) is 0.213. The van der Waals surface area contributed by atoms with Gasteiger partial charge in [-0.3, -0.25) is 4.90 Å². The molecule has 2 aromatic rings. The van der Waals surface area contributed by atoms with E-state index in [1.54, 1.807) is 18.7 Å². The molecule has 3 unspecified atom stereocenters. The van der Waals surface area contributed by atoms with Gasteiger partial charge >= 0.3 is 0 Å². The van der Waals surface area contributed by atoms with Crippen molar-refractivity contribution >= 4 is 11.8 Å². The second kappa shape index (κ2) is 12.6. The van der Waals surface area contributed by atoms with Crippen molar-refractivity contribution in [2.75, 3.05) is 13.2 Å². The third-order valence-electron chi connectivity index (χ3n) is 7.61. The molecule has 208 valence electrons. The molecule has 1 heterocycles. The van der Waals surface area contributed by atoms with Crippen molar-refractivity contribution < 1.29 is 9.13 Å². The zero-order valence-electron chi connectivity index (χ0n) is 24.1. The maximum Gasteiger partial charge on any atom is 0.119 e. The lowest BCUT2D eigenvalue weighted by Gasteiger charge is -2.33. The van der Waals surface area contributed by atoms with Crippen LogP contribution < -0.4 is 10.1 Å². The topological polar surface area (TPSA) is 24.5 Å². The normalized spacial score (nSPS) is 22.6. The van der Waals surface area contributed by atoms with Crippen LogP contribution in [0.4, 0.5) is 4.39 Å². The van der Waals surface area contributed by atoms with Gasteiger partial charge in [0.15, 0.2) is 0 Å². The first kappa shape index (κ1) is 29.2. The summed E-state index contributed by atoms with van der Waals surface area (Å²) in [5.41, 5.74) is 6.52. The Morgan fingerprint density at radius 2 is 1.87 bits per heavy atom. The Bertz CT molecular complexity index is 1260. The Labute approximate surface area is 238 Å². The highest BCUT2D eigenvalue weighted by Crippen LogP contribution is 2.47. The molecule has 3 nitrogen and oxygen atoms in total. The highest BCUT2D eigenvalue weighted by molar-refractivity contribution is 8.06. The summed E-state index contributed by atoms with van der Waals surface area (Å²) >= 11 is 1.72. The molecular weight excluding hydrogens is 503 g/mol. The van der Waals surface area contributed by atoms with Gasteiger partial charge in [-0.15, -0.1) is 6.58 Å². The first-order chi connectivity index (χ1) is 18.6.